The number of β-lactam (4-membered cyclic amide) rings is 1. The summed E-state index contributed by atoms with van der Waals surface area (Å²) in [5, 5.41) is 9.42. The summed E-state index contributed by atoms with van der Waals surface area (Å²) in [7, 11) is 0. The fourth-order valence-corrected chi connectivity index (χ4v) is 2.73. The van der Waals surface area contributed by atoms with Gasteiger partial charge in [0.25, 0.3) is 0 Å². The first-order valence-corrected chi connectivity index (χ1v) is 5.00. The van der Waals surface area contributed by atoms with Crippen LogP contribution in [0.2, 0.25) is 0 Å². The molecule has 1 amide bonds. The number of fused-ring (bicyclic) bond motifs is 1. The molecule has 0 radical (unpaired) electrons. The third-order valence-electron chi connectivity index (χ3n) is 3.54. The van der Waals surface area contributed by atoms with E-state index in [9.17, 15) is 14.7 Å². The van der Waals surface area contributed by atoms with Crippen LogP contribution in [0.1, 0.15) is 20.8 Å². The average molecular weight is 197 g/mol. The van der Waals surface area contributed by atoms with Crippen molar-refractivity contribution in [3.8, 4) is 0 Å². The lowest BCUT2D eigenvalue weighted by Crippen LogP contribution is -2.64. The minimum atomic E-state index is -0.649. The second kappa shape index (κ2) is 2.79. The summed E-state index contributed by atoms with van der Waals surface area (Å²) in [6, 6.07) is -0.359. The van der Waals surface area contributed by atoms with Gasteiger partial charge < -0.3 is 10.0 Å². The third kappa shape index (κ3) is 0.919. The minimum Gasteiger partial charge on any atom is -0.393 e. The van der Waals surface area contributed by atoms with Crippen LogP contribution < -0.4 is 0 Å². The molecule has 2 fully saturated rings. The lowest BCUT2D eigenvalue weighted by Gasteiger charge is -2.46. The van der Waals surface area contributed by atoms with Gasteiger partial charge in [0.15, 0.2) is 5.78 Å². The molecule has 0 aromatic carbocycles. The van der Waals surface area contributed by atoms with Gasteiger partial charge in [-0.05, 0) is 13.8 Å². The third-order valence-corrected chi connectivity index (χ3v) is 3.54. The molecule has 0 aromatic heterocycles. The van der Waals surface area contributed by atoms with Gasteiger partial charge in [-0.3, -0.25) is 9.59 Å². The molecule has 1 N–H and O–H groups in total. The van der Waals surface area contributed by atoms with Crippen molar-refractivity contribution in [1.29, 1.82) is 0 Å². The highest BCUT2D eigenvalue weighted by Crippen LogP contribution is 2.42. The Bertz CT molecular complexity index is 300. The van der Waals surface area contributed by atoms with E-state index in [4.69, 9.17) is 0 Å². The first-order valence-electron chi connectivity index (χ1n) is 5.00. The Hall–Kier alpha value is -0.900. The summed E-state index contributed by atoms with van der Waals surface area (Å²) in [6.45, 7) is 5.21. The van der Waals surface area contributed by atoms with E-state index in [0.717, 1.165) is 0 Å². The SMILES string of the molecule is CC1C(=O)[C@H](C)C2C([C@@H](C)O)C(=O)N12. The largest absolute Gasteiger partial charge is 0.393 e. The minimum absolute atomic E-state index is 0.0648. The number of nitrogens with zero attached hydrogens (tertiary/aromatic N) is 1. The highest BCUT2D eigenvalue weighted by molar-refractivity contribution is 6.00. The smallest absolute Gasteiger partial charge is 0.231 e. The zero-order valence-electron chi connectivity index (χ0n) is 8.60. The number of amides is 1. The molecule has 2 aliphatic rings. The number of hydrogen-bond acceptors (Lipinski definition) is 3. The van der Waals surface area contributed by atoms with Gasteiger partial charge in [0, 0.05) is 5.92 Å². The van der Waals surface area contributed by atoms with Crippen LogP contribution in [0.4, 0.5) is 0 Å². The summed E-state index contributed by atoms with van der Waals surface area (Å²) in [4.78, 5) is 24.8. The predicted octanol–water partition coefficient (Wildman–Crippen LogP) is -0.199. The Balaban J connectivity index is 2.27. The van der Waals surface area contributed by atoms with Crippen molar-refractivity contribution in [1.82, 2.24) is 4.90 Å². The van der Waals surface area contributed by atoms with E-state index in [-0.39, 0.29) is 35.6 Å². The van der Waals surface area contributed by atoms with Gasteiger partial charge >= 0.3 is 0 Å². The van der Waals surface area contributed by atoms with Crippen LogP contribution >= 0.6 is 0 Å². The van der Waals surface area contributed by atoms with Crippen molar-refractivity contribution in [2.75, 3.05) is 0 Å². The molecular weight excluding hydrogens is 182 g/mol. The van der Waals surface area contributed by atoms with Crippen LogP contribution in [-0.2, 0) is 9.59 Å². The number of Topliss-reactive ketones (excluding diaryl/α,β-unsaturated/α-hetero) is 1. The standard InChI is InChI=1S/C10H15NO3/c1-4-8-7(6(3)12)10(14)11(8)5(2)9(4)13/h4-8,12H,1-3H3/t4-,5?,6-,7?,8?/m1/s1. The zero-order valence-corrected chi connectivity index (χ0v) is 8.60. The zero-order chi connectivity index (χ0) is 10.6. The molecule has 5 atom stereocenters. The lowest BCUT2D eigenvalue weighted by atomic mass is 9.79. The molecule has 0 aromatic rings. The maximum Gasteiger partial charge on any atom is 0.231 e. The molecule has 3 unspecified atom stereocenters. The molecule has 2 saturated heterocycles. The summed E-state index contributed by atoms with van der Waals surface area (Å²) in [5.41, 5.74) is 0. The topological polar surface area (TPSA) is 57.6 Å². The first-order chi connectivity index (χ1) is 6.46. The molecule has 0 aliphatic carbocycles. The number of aliphatic hydroxyl groups excluding tert-OH is 1. The summed E-state index contributed by atoms with van der Waals surface area (Å²) in [6.07, 6.45) is -0.649. The summed E-state index contributed by atoms with van der Waals surface area (Å²) < 4.78 is 0. The Kier molecular flexibility index (Phi) is 1.93. The Labute approximate surface area is 82.9 Å². The number of carbonyl (C=O) groups is 2. The van der Waals surface area contributed by atoms with Gasteiger partial charge in [0.1, 0.15) is 0 Å². The fourth-order valence-electron chi connectivity index (χ4n) is 2.73. The molecule has 4 nitrogen and oxygen atoms in total. The van der Waals surface area contributed by atoms with Crippen LogP contribution in [0.3, 0.4) is 0 Å². The van der Waals surface area contributed by atoms with E-state index in [1.807, 2.05) is 6.92 Å². The second-order valence-electron chi connectivity index (χ2n) is 4.37. The molecule has 4 heteroatoms. The van der Waals surface area contributed by atoms with E-state index >= 15 is 0 Å². The molecule has 2 heterocycles. The Morgan fingerprint density at radius 2 is 1.93 bits per heavy atom. The molecule has 2 aliphatic heterocycles. The summed E-state index contributed by atoms with van der Waals surface area (Å²) >= 11 is 0. The molecule has 2 rings (SSSR count). The number of rotatable bonds is 1. The van der Waals surface area contributed by atoms with Crippen LogP contribution in [-0.4, -0.2) is 39.9 Å². The normalized spacial score (nSPS) is 43.6. The van der Waals surface area contributed by atoms with Crippen LogP contribution in [0, 0.1) is 11.8 Å². The van der Waals surface area contributed by atoms with Gasteiger partial charge in [0.2, 0.25) is 5.91 Å². The average Bonchev–Trinajstić information content (AvgIpc) is 2.26. The number of carbonyl (C=O) groups excluding carboxylic acids is 2. The molecule has 0 spiro atoms. The number of aliphatic hydroxyl groups is 1. The van der Waals surface area contributed by atoms with E-state index in [1.54, 1.807) is 18.7 Å². The molecule has 0 saturated carbocycles. The highest BCUT2D eigenvalue weighted by atomic mass is 16.3. The summed E-state index contributed by atoms with van der Waals surface area (Å²) in [5.74, 6) is -0.442. The predicted molar refractivity (Wildman–Crippen MR) is 49.4 cm³/mol. The van der Waals surface area contributed by atoms with Crippen molar-refractivity contribution in [3.63, 3.8) is 0 Å². The monoisotopic (exact) mass is 197 g/mol. The van der Waals surface area contributed by atoms with Crippen molar-refractivity contribution in [3.05, 3.63) is 0 Å². The van der Waals surface area contributed by atoms with Crippen LogP contribution in [0.5, 0.6) is 0 Å². The van der Waals surface area contributed by atoms with Crippen LogP contribution in [0.15, 0.2) is 0 Å². The molecular formula is C10H15NO3. The maximum atomic E-state index is 11.6. The maximum absolute atomic E-state index is 11.6. The fraction of sp³-hybridized carbons (Fsp3) is 0.800. The van der Waals surface area contributed by atoms with Crippen molar-refractivity contribution in [2.45, 2.75) is 39.0 Å². The van der Waals surface area contributed by atoms with Crippen molar-refractivity contribution < 1.29 is 14.7 Å². The van der Waals surface area contributed by atoms with Gasteiger partial charge in [-0.1, -0.05) is 6.92 Å². The van der Waals surface area contributed by atoms with E-state index in [0.29, 0.717) is 0 Å². The number of ketones is 1. The van der Waals surface area contributed by atoms with E-state index < -0.39 is 6.10 Å². The molecule has 78 valence electrons. The molecule has 14 heavy (non-hydrogen) atoms. The van der Waals surface area contributed by atoms with Gasteiger partial charge in [0.05, 0.1) is 24.1 Å². The van der Waals surface area contributed by atoms with E-state index in [1.165, 1.54) is 0 Å². The van der Waals surface area contributed by atoms with Crippen molar-refractivity contribution >= 4 is 11.7 Å². The first kappa shape index (κ1) is 9.65. The van der Waals surface area contributed by atoms with Crippen LogP contribution in [0.25, 0.3) is 0 Å². The van der Waals surface area contributed by atoms with E-state index in [2.05, 4.69) is 0 Å². The molecule has 0 bridgehead atoms. The lowest BCUT2D eigenvalue weighted by molar-refractivity contribution is -0.164. The van der Waals surface area contributed by atoms with Crippen molar-refractivity contribution in [2.24, 2.45) is 11.8 Å². The quantitative estimate of drug-likeness (QED) is 0.592. The van der Waals surface area contributed by atoms with Gasteiger partial charge in [-0.15, -0.1) is 0 Å². The number of hydrogen-bond donors (Lipinski definition) is 1. The Morgan fingerprint density at radius 1 is 1.36 bits per heavy atom. The van der Waals surface area contributed by atoms with Gasteiger partial charge in [-0.25, -0.2) is 0 Å². The Morgan fingerprint density at radius 3 is 2.43 bits per heavy atom. The van der Waals surface area contributed by atoms with Gasteiger partial charge in [-0.2, -0.15) is 0 Å². The highest BCUT2D eigenvalue weighted by Gasteiger charge is 2.60. The second-order valence-corrected chi connectivity index (χ2v) is 4.37.